The van der Waals surface area contributed by atoms with Crippen LogP contribution in [-0.4, -0.2) is 31.7 Å². The van der Waals surface area contributed by atoms with Crippen molar-refractivity contribution in [3.05, 3.63) is 88.1 Å². The highest BCUT2D eigenvalue weighted by Crippen LogP contribution is 2.25. The summed E-state index contributed by atoms with van der Waals surface area (Å²) in [5, 5.41) is 6.57. The Hall–Kier alpha value is -3.72. The van der Waals surface area contributed by atoms with Gasteiger partial charge < -0.3 is 14.8 Å². The molecule has 0 heterocycles. The second-order valence-corrected chi connectivity index (χ2v) is 7.32. The molecule has 2 amide bonds. The zero-order valence-corrected chi connectivity index (χ0v) is 18.6. The summed E-state index contributed by atoms with van der Waals surface area (Å²) in [6.45, 7) is -0.222. The van der Waals surface area contributed by atoms with Gasteiger partial charge in [0.1, 0.15) is 17.3 Å². The van der Waals surface area contributed by atoms with Crippen molar-refractivity contribution in [2.24, 2.45) is 5.10 Å². The van der Waals surface area contributed by atoms with Crippen LogP contribution in [-0.2, 0) is 4.79 Å². The summed E-state index contributed by atoms with van der Waals surface area (Å²) < 4.78 is 24.1. The molecule has 9 heteroatoms. The fourth-order valence-electron chi connectivity index (χ4n) is 2.58. The topological polar surface area (TPSA) is 89.0 Å². The van der Waals surface area contributed by atoms with Crippen molar-refractivity contribution in [1.29, 1.82) is 0 Å². The molecule has 0 aliphatic heterocycles. The van der Waals surface area contributed by atoms with Gasteiger partial charge in [0.2, 0.25) is 0 Å². The number of nitrogens with one attached hydrogen (secondary N) is 2. The molecule has 3 aromatic rings. The van der Waals surface area contributed by atoms with E-state index < -0.39 is 0 Å². The lowest BCUT2D eigenvalue weighted by molar-refractivity contribution is -0.118. The number of anilines is 1. The predicted molar refractivity (Wildman–Crippen MR) is 123 cm³/mol. The standard InChI is InChI=1S/C23H19BrFN3O4/c1-31-19-4-2-3-16(12-19)23(30)28-26-13-15-5-10-21(20(24)11-15)32-14-22(29)27-18-8-6-17(25)7-9-18/h2-13H,14H2,1H3,(H,27,29)(H,28,30). The molecule has 3 rings (SSSR count). The minimum absolute atomic E-state index is 0.222. The van der Waals surface area contributed by atoms with Crippen molar-refractivity contribution in [3.8, 4) is 11.5 Å². The van der Waals surface area contributed by atoms with Crippen LogP contribution in [0.4, 0.5) is 10.1 Å². The Morgan fingerprint density at radius 1 is 1.09 bits per heavy atom. The second kappa shape index (κ2) is 11.1. The van der Waals surface area contributed by atoms with Crippen molar-refractivity contribution < 1.29 is 23.5 Å². The van der Waals surface area contributed by atoms with Crippen molar-refractivity contribution in [2.45, 2.75) is 0 Å². The van der Waals surface area contributed by atoms with Gasteiger partial charge in [-0.3, -0.25) is 9.59 Å². The Morgan fingerprint density at radius 2 is 1.88 bits per heavy atom. The fourth-order valence-corrected chi connectivity index (χ4v) is 3.09. The van der Waals surface area contributed by atoms with E-state index in [0.717, 1.165) is 0 Å². The van der Waals surface area contributed by atoms with Gasteiger partial charge in [0.05, 0.1) is 17.8 Å². The number of benzene rings is 3. The Morgan fingerprint density at radius 3 is 2.59 bits per heavy atom. The fraction of sp³-hybridized carbons (Fsp3) is 0.0870. The molecule has 0 aliphatic rings. The van der Waals surface area contributed by atoms with Crippen LogP contribution in [0.1, 0.15) is 15.9 Å². The summed E-state index contributed by atoms with van der Waals surface area (Å²) in [5.74, 6) is -0.100. The Balaban J connectivity index is 1.52. The molecule has 0 radical (unpaired) electrons. The first kappa shape index (κ1) is 23.0. The van der Waals surface area contributed by atoms with Crippen LogP contribution in [0.5, 0.6) is 11.5 Å². The summed E-state index contributed by atoms with van der Waals surface area (Å²) in [6.07, 6.45) is 1.48. The molecule has 0 aromatic heterocycles. The van der Waals surface area contributed by atoms with E-state index in [-0.39, 0.29) is 24.2 Å². The summed E-state index contributed by atoms with van der Waals surface area (Å²) >= 11 is 3.38. The van der Waals surface area contributed by atoms with Crippen LogP contribution in [0.3, 0.4) is 0 Å². The quantitative estimate of drug-likeness (QED) is 0.355. The van der Waals surface area contributed by atoms with Gasteiger partial charge in [0.15, 0.2) is 6.61 Å². The third kappa shape index (κ3) is 6.64. The molecule has 32 heavy (non-hydrogen) atoms. The third-order valence-electron chi connectivity index (χ3n) is 4.15. The first-order chi connectivity index (χ1) is 15.4. The van der Waals surface area contributed by atoms with Crippen LogP contribution >= 0.6 is 15.9 Å². The molecular weight excluding hydrogens is 481 g/mol. The van der Waals surface area contributed by atoms with Crippen molar-refractivity contribution >= 4 is 39.6 Å². The molecule has 0 unspecified atom stereocenters. The average molecular weight is 500 g/mol. The zero-order valence-electron chi connectivity index (χ0n) is 17.0. The monoisotopic (exact) mass is 499 g/mol. The first-order valence-electron chi connectivity index (χ1n) is 9.40. The van der Waals surface area contributed by atoms with Gasteiger partial charge in [0.25, 0.3) is 11.8 Å². The molecule has 0 aliphatic carbocycles. The van der Waals surface area contributed by atoms with Gasteiger partial charge in [-0.05, 0) is 82.2 Å². The lowest BCUT2D eigenvalue weighted by atomic mass is 10.2. The summed E-state index contributed by atoms with van der Waals surface area (Å²) in [6, 6.07) is 17.3. The van der Waals surface area contributed by atoms with Gasteiger partial charge in [-0.25, -0.2) is 9.82 Å². The summed E-state index contributed by atoms with van der Waals surface area (Å²) in [5.41, 5.74) is 4.05. The Kier molecular flexibility index (Phi) is 7.93. The van der Waals surface area contributed by atoms with E-state index in [0.29, 0.717) is 32.8 Å². The molecule has 0 fully saturated rings. The maximum atomic E-state index is 12.9. The predicted octanol–water partition coefficient (Wildman–Crippen LogP) is 4.38. The van der Waals surface area contributed by atoms with E-state index >= 15 is 0 Å². The third-order valence-corrected chi connectivity index (χ3v) is 4.77. The van der Waals surface area contributed by atoms with Crippen LogP contribution in [0, 0.1) is 5.82 Å². The highest BCUT2D eigenvalue weighted by molar-refractivity contribution is 9.10. The van der Waals surface area contributed by atoms with E-state index in [1.165, 1.54) is 37.6 Å². The highest BCUT2D eigenvalue weighted by Gasteiger charge is 2.08. The molecule has 0 atom stereocenters. The minimum atomic E-state index is -0.383. The zero-order chi connectivity index (χ0) is 22.9. The molecule has 0 saturated heterocycles. The van der Waals surface area contributed by atoms with Gasteiger partial charge in [-0.15, -0.1) is 0 Å². The molecule has 0 saturated carbocycles. The molecule has 0 spiro atoms. The highest BCUT2D eigenvalue weighted by atomic mass is 79.9. The number of rotatable bonds is 8. The van der Waals surface area contributed by atoms with E-state index in [9.17, 15) is 14.0 Å². The van der Waals surface area contributed by atoms with Crippen molar-refractivity contribution in [3.63, 3.8) is 0 Å². The number of ether oxygens (including phenoxy) is 2. The van der Waals surface area contributed by atoms with E-state index in [4.69, 9.17) is 9.47 Å². The first-order valence-corrected chi connectivity index (χ1v) is 10.2. The number of nitrogens with zero attached hydrogens (tertiary/aromatic N) is 1. The Labute approximate surface area is 192 Å². The largest absolute Gasteiger partial charge is 0.497 e. The van der Waals surface area contributed by atoms with E-state index in [1.807, 2.05) is 0 Å². The number of amides is 2. The second-order valence-electron chi connectivity index (χ2n) is 6.46. The van der Waals surface area contributed by atoms with Gasteiger partial charge in [-0.1, -0.05) is 6.07 Å². The van der Waals surface area contributed by atoms with Crippen LogP contribution < -0.4 is 20.2 Å². The molecular formula is C23H19BrFN3O4. The number of carbonyl (C=O) groups is 2. The number of methoxy groups -OCH3 is 1. The van der Waals surface area contributed by atoms with Crippen molar-refractivity contribution in [2.75, 3.05) is 19.0 Å². The number of carbonyl (C=O) groups excluding carboxylic acids is 2. The molecule has 7 nitrogen and oxygen atoms in total. The van der Waals surface area contributed by atoms with E-state index in [2.05, 4.69) is 31.8 Å². The SMILES string of the molecule is COc1cccc(C(=O)NN=Cc2ccc(OCC(=O)Nc3ccc(F)cc3)c(Br)c2)c1. The van der Waals surface area contributed by atoms with Gasteiger partial charge in [0, 0.05) is 11.3 Å². The average Bonchev–Trinajstić information content (AvgIpc) is 2.80. The minimum Gasteiger partial charge on any atom is -0.497 e. The number of hydrogen-bond donors (Lipinski definition) is 2. The Bertz CT molecular complexity index is 1140. The van der Waals surface area contributed by atoms with Gasteiger partial charge >= 0.3 is 0 Å². The molecule has 2 N–H and O–H groups in total. The molecule has 0 bridgehead atoms. The van der Waals surface area contributed by atoms with Crippen molar-refractivity contribution in [1.82, 2.24) is 5.43 Å². The van der Waals surface area contributed by atoms with Gasteiger partial charge in [-0.2, -0.15) is 5.10 Å². The van der Waals surface area contributed by atoms with Crippen LogP contribution in [0.2, 0.25) is 0 Å². The van der Waals surface area contributed by atoms with Crippen LogP contribution in [0.15, 0.2) is 76.3 Å². The molecule has 164 valence electrons. The lowest BCUT2D eigenvalue weighted by Crippen LogP contribution is -2.20. The maximum Gasteiger partial charge on any atom is 0.271 e. The smallest absolute Gasteiger partial charge is 0.271 e. The van der Waals surface area contributed by atoms with Crippen LogP contribution in [0.25, 0.3) is 0 Å². The normalized spacial score (nSPS) is 10.6. The maximum absolute atomic E-state index is 12.9. The number of hydrazone groups is 1. The lowest BCUT2D eigenvalue weighted by Gasteiger charge is -2.09. The van der Waals surface area contributed by atoms with E-state index in [1.54, 1.807) is 42.5 Å². The number of hydrogen-bond acceptors (Lipinski definition) is 5. The molecule has 3 aromatic carbocycles. The summed E-state index contributed by atoms with van der Waals surface area (Å²) in [4.78, 5) is 24.2. The summed E-state index contributed by atoms with van der Waals surface area (Å²) in [7, 11) is 1.53. The number of halogens is 2.